The lowest BCUT2D eigenvalue weighted by Crippen LogP contribution is -2.05. The van der Waals surface area contributed by atoms with Crippen LogP contribution < -0.4 is 0 Å². The zero-order valence-corrected chi connectivity index (χ0v) is 19.6. The van der Waals surface area contributed by atoms with Crippen LogP contribution in [-0.4, -0.2) is 9.55 Å². The monoisotopic (exact) mass is 416 g/mol. The number of pyridine rings is 1. The van der Waals surface area contributed by atoms with Crippen molar-refractivity contribution in [2.75, 3.05) is 0 Å². The molecule has 3 heterocycles. The first-order valence-corrected chi connectivity index (χ1v) is 12.0. The van der Waals surface area contributed by atoms with Crippen LogP contribution in [0, 0.1) is 20.8 Å². The van der Waals surface area contributed by atoms with Crippen molar-refractivity contribution in [3.8, 4) is 10.6 Å². The molecule has 0 saturated carbocycles. The van der Waals surface area contributed by atoms with Gasteiger partial charge in [-0.05, 0) is 80.9 Å². The van der Waals surface area contributed by atoms with E-state index >= 15 is 0 Å². The summed E-state index contributed by atoms with van der Waals surface area (Å²) in [6.45, 7) is 11.2. The first kappa shape index (κ1) is 20.9. The van der Waals surface area contributed by atoms with E-state index in [2.05, 4.69) is 87.9 Å². The Hall–Kier alpha value is -2.39. The van der Waals surface area contributed by atoms with Gasteiger partial charge in [0.15, 0.2) is 0 Å². The van der Waals surface area contributed by atoms with Crippen molar-refractivity contribution in [1.82, 2.24) is 9.55 Å². The zero-order valence-electron chi connectivity index (χ0n) is 18.8. The molecule has 0 fully saturated rings. The van der Waals surface area contributed by atoms with Crippen LogP contribution in [0.15, 0.2) is 48.7 Å². The summed E-state index contributed by atoms with van der Waals surface area (Å²) in [6, 6.07) is 5.24. The number of rotatable bonds is 5. The summed E-state index contributed by atoms with van der Waals surface area (Å²) >= 11 is 1.89. The number of thiophene rings is 1. The fraction of sp³-hybridized carbons (Fsp3) is 0.370. The van der Waals surface area contributed by atoms with Crippen molar-refractivity contribution >= 4 is 27.9 Å². The highest BCUT2D eigenvalue weighted by Gasteiger charge is 2.18. The van der Waals surface area contributed by atoms with Gasteiger partial charge < -0.3 is 4.57 Å². The van der Waals surface area contributed by atoms with E-state index in [1.807, 2.05) is 11.3 Å². The van der Waals surface area contributed by atoms with E-state index in [9.17, 15) is 0 Å². The number of nitrogens with zero attached hydrogens (tertiary/aromatic N) is 2. The van der Waals surface area contributed by atoms with Crippen LogP contribution in [0.1, 0.15) is 67.1 Å². The number of allylic oxidation sites excluding steroid dienone is 6. The lowest BCUT2D eigenvalue weighted by atomic mass is 10.1. The predicted octanol–water partition coefficient (Wildman–Crippen LogP) is 8.34. The molecule has 0 aliphatic heterocycles. The molecule has 0 amide bonds. The first-order valence-electron chi connectivity index (χ1n) is 11.1. The average Bonchev–Trinajstić information content (AvgIpc) is 3.22. The number of hydrogen-bond acceptors (Lipinski definition) is 2. The van der Waals surface area contributed by atoms with Crippen molar-refractivity contribution in [3.05, 3.63) is 70.3 Å². The van der Waals surface area contributed by atoms with Gasteiger partial charge in [-0.15, -0.1) is 11.3 Å². The van der Waals surface area contributed by atoms with Gasteiger partial charge in [-0.1, -0.05) is 44.2 Å². The maximum atomic E-state index is 5.21. The molecule has 0 atom stereocenters. The Morgan fingerprint density at radius 1 is 1.00 bits per heavy atom. The molecule has 1 aliphatic rings. The lowest BCUT2D eigenvalue weighted by Gasteiger charge is -2.16. The van der Waals surface area contributed by atoms with Crippen LogP contribution in [-0.2, 0) is 0 Å². The molecule has 3 heteroatoms. The van der Waals surface area contributed by atoms with E-state index in [0.29, 0.717) is 6.04 Å². The number of fused-ring (bicyclic) bond motifs is 1. The highest BCUT2D eigenvalue weighted by atomic mass is 32.1. The maximum Gasteiger partial charge on any atom is 0.0918 e. The van der Waals surface area contributed by atoms with Gasteiger partial charge in [0.05, 0.1) is 21.6 Å². The number of aromatic nitrogens is 2. The van der Waals surface area contributed by atoms with Gasteiger partial charge in [0.25, 0.3) is 0 Å². The molecule has 0 aromatic carbocycles. The summed E-state index contributed by atoms with van der Waals surface area (Å²) in [5.41, 5.74) is 8.84. The van der Waals surface area contributed by atoms with E-state index in [-0.39, 0.29) is 0 Å². The van der Waals surface area contributed by atoms with E-state index in [1.165, 1.54) is 37.5 Å². The van der Waals surface area contributed by atoms with Crippen molar-refractivity contribution in [2.24, 2.45) is 0 Å². The van der Waals surface area contributed by atoms with Gasteiger partial charge in [-0.2, -0.15) is 0 Å². The Morgan fingerprint density at radius 2 is 1.77 bits per heavy atom. The van der Waals surface area contributed by atoms with Crippen LogP contribution in [0.25, 0.3) is 27.2 Å². The summed E-state index contributed by atoms with van der Waals surface area (Å²) in [7, 11) is 0. The van der Waals surface area contributed by atoms with Gasteiger partial charge in [0.2, 0.25) is 0 Å². The summed E-state index contributed by atoms with van der Waals surface area (Å²) in [4.78, 5) is 7.89. The Labute approximate surface area is 184 Å². The molecular weight excluding hydrogens is 384 g/mol. The van der Waals surface area contributed by atoms with Gasteiger partial charge >= 0.3 is 0 Å². The first-order chi connectivity index (χ1) is 14.5. The normalized spacial score (nSPS) is 17.2. The standard InChI is InChI=1S/C27H32N2S/c1-6-22(7-2)29-17-20(5)25-23(29)15-18(3)26(28-25)27-19(4)16-24(30-27)21-13-11-9-8-10-12-14-21/h8-11,14-17,22H,6-7,12-13H2,1-5H3/b10-8?,11-9-,21-14+. The van der Waals surface area contributed by atoms with Crippen LogP contribution in [0.3, 0.4) is 0 Å². The predicted molar refractivity (Wildman–Crippen MR) is 132 cm³/mol. The van der Waals surface area contributed by atoms with E-state index in [4.69, 9.17) is 4.98 Å². The molecule has 0 N–H and O–H groups in total. The van der Waals surface area contributed by atoms with Crippen LogP contribution in [0.4, 0.5) is 0 Å². The summed E-state index contributed by atoms with van der Waals surface area (Å²) in [6.07, 6.45) is 17.7. The highest BCUT2D eigenvalue weighted by molar-refractivity contribution is 7.16. The zero-order chi connectivity index (χ0) is 21.3. The van der Waals surface area contributed by atoms with Crippen molar-refractivity contribution in [3.63, 3.8) is 0 Å². The van der Waals surface area contributed by atoms with Crippen molar-refractivity contribution in [1.29, 1.82) is 0 Å². The molecule has 0 radical (unpaired) electrons. The fourth-order valence-electron chi connectivity index (χ4n) is 4.44. The average molecular weight is 417 g/mol. The molecule has 2 nitrogen and oxygen atoms in total. The SMILES string of the molecule is CCC(CC)n1cc(C)c2nc(-c3sc(/C4=C/CC=C/C=C\C4)cc3C)c(C)cc21. The minimum absolute atomic E-state index is 0.539. The Balaban J connectivity index is 1.80. The third-order valence-corrected chi connectivity index (χ3v) is 7.50. The molecule has 156 valence electrons. The molecule has 3 aromatic rings. The largest absolute Gasteiger partial charge is 0.343 e. The Kier molecular flexibility index (Phi) is 6.10. The molecule has 0 spiro atoms. The minimum atomic E-state index is 0.539. The van der Waals surface area contributed by atoms with Gasteiger partial charge in [-0.25, -0.2) is 4.98 Å². The molecule has 4 rings (SSSR count). The van der Waals surface area contributed by atoms with Crippen molar-refractivity contribution in [2.45, 2.75) is 66.3 Å². The topological polar surface area (TPSA) is 17.8 Å². The molecule has 0 unspecified atom stereocenters. The van der Waals surface area contributed by atoms with E-state index < -0.39 is 0 Å². The second-order valence-electron chi connectivity index (χ2n) is 8.36. The Morgan fingerprint density at radius 3 is 2.53 bits per heavy atom. The molecule has 1 aliphatic carbocycles. The molecule has 30 heavy (non-hydrogen) atoms. The van der Waals surface area contributed by atoms with Crippen LogP contribution in [0.2, 0.25) is 0 Å². The number of aryl methyl sites for hydroxylation is 3. The van der Waals surface area contributed by atoms with Crippen molar-refractivity contribution < 1.29 is 0 Å². The van der Waals surface area contributed by atoms with Gasteiger partial charge in [-0.3, -0.25) is 0 Å². The molecule has 3 aromatic heterocycles. The number of hydrogen-bond donors (Lipinski definition) is 0. The maximum absolute atomic E-state index is 5.21. The fourth-order valence-corrected chi connectivity index (χ4v) is 5.72. The second-order valence-corrected chi connectivity index (χ2v) is 9.41. The van der Waals surface area contributed by atoms with E-state index in [1.54, 1.807) is 0 Å². The van der Waals surface area contributed by atoms with Gasteiger partial charge in [0.1, 0.15) is 0 Å². The molecule has 0 bridgehead atoms. The highest BCUT2D eigenvalue weighted by Crippen LogP contribution is 2.39. The minimum Gasteiger partial charge on any atom is -0.343 e. The summed E-state index contributed by atoms with van der Waals surface area (Å²) in [5, 5.41) is 0. The third-order valence-electron chi connectivity index (χ3n) is 6.18. The van der Waals surface area contributed by atoms with Crippen LogP contribution >= 0.6 is 11.3 Å². The molecule has 0 saturated heterocycles. The summed E-state index contributed by atoms with van der Waals surface area (Å²) in [5.74, 6) is 0. The third kappa shape index (κ3) is 3.83. The summed E-state index contributed by atoms with van der Waals surface area (Å²) < 4.78 is 2.44. The smallest absolute Gasteiger partial charge is 0.0918 e. The lowest BCUT2D eigenvalue weighted by molar-refractivity contribution is 0.485. The van der Waals surface area contributed by atoms with Crippen LogP contribution in [0.5, 0.6) is 0 Å². The van der Waals surface area contributed by atoms with E-state index in [0.717, 1.165) is 36.9 Å². The molecular formula is C27H32N2S. The second kappa shape index (κ2) is 8.77. The quantitative estimate of drug-likeness (QED) is 0.408. The van der Waals surface area contributed by atoms with Gasteiger partial charge in [0, 0.05) is 17.1 Å². The Bertz CT molecular complexity index is 1150.